The van der Waals surface area contributed by atoms with E-state index in [2.05, 4.69) is 26.3 Å². The van der Waals surface area contributed by atoms with E-state index in [1.165, 1.54) is 12.3 Å². The first-order valence-corrected chi connectivity index (χ1v) is 11.8. The molecular formula is C26H23BrF3N3O4. The van der Waals surface area contributed by atoms with Crippen molar-refractivity contribution >= 4 is 39.6 Å². The minimum absolute atomic E-state index is 0.175. The summed E-state index contributed by atoms with van der Waals surface area (Å²) in [5.41, 5.74) is 3.54. The lowest BCUT2D eigenvalue weighted by Crippen LogP contribution is -2.32. The molecule has 194 valence electrons. The Morgan fingerprint density at radius 3 is 2.49 bits per heavy atom. The normalized spacial score (nSPS) is 11.3. The molecule has 0 radical (unpaired) electrons. The zero-order valence-electron chi connectivity index (χ0n) is 19.9. The second kappa shape index (κ2) is 12.4. The summed E-state index contributed by atoms with van der Waals surface area (Å²) >= 11 is 3.46. The molecule has 2 N–H and O–H groups in total. The number of hydrazone groups is 1. The van der Waals surface area contributed by atoms with Crippen molar-refractivity contribution in [2.75, 3.05) is 11.9 Å². The molecule has 0 aliphatic rings. The number of alkyl halides is 3. The molecule has 3 aromatic carbocycles. The van der Waals surface area contributed by atoms with Crippen LogP contribution in [0.5, 0.6) is 11.5 Å². The number of ether oxygens (including phenoxy) is 2. The average molecular weight is 578 g/mol. The molecule has 2 amide bonds. The SMILES string of the molecule is CCOc1cc(C=NNC(=O)C(=O)Nc2cccc(C(F)(F)F)c2)cc(Br)c1OCc1cccc(C)c1. The average Bonchev–Trinajstić information content (AvgIpc) is 2.83. The number of aryl methyl sites for hydroxylation is 1. The fourth-order valence-electron chi connectivity index (χ4n) is 3.20. The number of amides is 2. The first kappa shape index (κ1) is 27.7. The van der Waals surface area contributed by atoms with E-state index in [-0.39, 0.29) is 5.69 Å². The Morgan fingerprint density at radius 1 is 1.03 bits per heavy atom. The first-order valence-electron chi connectivity index (χ1n) is 11.0. The number of hydrogen-bond donors (Lipinski definition) is 2. The molecule has 0 fully saturated rings. The van der Waals surface area contributed by atoms with Crippen LogP contribution in [0.2, 0.25) is 0 Å². The smallest absolute Gasteiger partial charge is 0.416 e. The van der Waals surface area contributed by atoms with Crippen LogP contribution in [0.15, 0.2) is 70.2 Å². The number of anilines is 1. The summed E-state index contributed by atoms with van der Waals surface area (Å²) in [6, 6.07) is 15.2. The van der Waals surface area contributed by atoms with E-state index in [9.17, 15) is 22.8 Å². The van der Waals surface area contributed by atoms with E-state index in [0.717, 1.165) is 29.3 Å². The van der Waals surface area contributed by atoms with Gasteiger partial charge < -0.3 is 14.8 Å². The van der Waals surface area contributed by atoms with E-state index in [1.54, 1.807) is 12.1 Å². The molecule has 7 nitrogen and oxygen atoms in total. The highest BCUT2D eigenvalue weighted by atomic mass is 79.9. The minimum Gasteiger partial charge on any atom is -0.490 e. The van der Waals surface area contributed by atoms with Gasteiger partial charge in [0.2, 0.25) is 0 Å². The summed E-state index contributed by atoms with van der Waals surface area (Å²) in [4.78, 5) is 24.1. The molecule has 11 heteroatoms. The predicted molar refractivity (Wildman–Crippen MR) is 137 cm³/mol. The van der Waals surface area contributed by atoms with Crippen LogP contribution in [0.25, 0.3) is 0 Å². The van der Waals surface area contributed by atoms with Gasteiger partial charge in [-0.15, -0.1) is 0 Å². The Hall–Kier alpha value is -3.86. The predicted octanol–water partition coefficient (Wildman–Crippen LogP) is 5.84. The molecule has 37 heavy (non-hydrogen) atoms. The van der Waals surface area contributed by atoms with E-state index < -0.39 is 23.6 Å². The van der Waals surface area contributed by atoms with Gasteiger partial charge in [-0.25, -0.2) is 5.43 Å². The Bertz CT molecular complexity index is 1310. The van der Waals surface area contributed by atoms with Crippen molar-refractivity contribution < 1.29 is 32.2 Å². The number of carbonyl (C=O) groups excluding carboxylic acids is 2. The van der Waals surface area contributed by atoms with Crippen molar-refractivity contribution in [3.8, 4) is 11.5 Å². The maximum Gasteiger partial charge on any atom is 0.416 e. The van der Waals surface area contributed by atoms with Crippen molar-refractivity contribution in [1.29, 1.82) is 0 Å². The lowest BCUT2D eigenvalue weighted by Gasteiger charge is -2.15. The summed E-state index contributed by atoms with van der Waals surface area (Å²) < 4.78 is 50.7. The first-order chi connectivity index (χ1) is 17.6. The molecule has 0 atom stereocenters. The van der Waals surface area contributed by atoms with Crippen molar-refractivity contribution in [3.63, 3.8) is 0 Å². The Balaban J connectivity index is 1.65. The van der Waals surface area contributed by atoms with Crippen LogP contribution in [-0.2, 0) is 22.4 Å². The number of halogens is 4. The van der Waals surface area contributed by atoms with Crippen LogP contribution in [0.4, 0.5) is 18.9 Å². The zero-order valence-corrected chi connectivity index (χ0v) is 21.4. The number of rotatable bonds is 8. The molecule has 0 spiro atoms. The molecule has 0 aliphatic heterocycles. The van der Waals surface area contributed by atoms with Crippen molar-refractivity contribution in [2.24, 2.45) is 5.10 Å². The highest BCUT2D eigenvalue weighted by Crippen LogP contribution is 2.37. The van der Waals surface area contributed by atoms with Crippen LogP contribution in [-0.4, -0.2) is 24.6 Å². The van der Waals surface area contributed by atoms with Crippen LogP contribution < -0.4 is 20.2 Å². The molecule has 0 bridgehead atoms. The van der Waals surface area contributed by atoms with Gasteiger partial charge in [0.1, 0.15) is 6.61 Å². The van der Waals surface area contributed by atoms with Gasteiger partial charge in [0.05, 0.1) is 22.9 Å². The summed E-state index contributed by atoms with van der Waals surface area (Å²) in [5, 5.41) is 5.86. The molecule has 3 aromatic rings. The van der Waals surface area contributed by atoms with Crippen LogP contribution in [0.3, 0.4) is 0 Å². The van der Waals surface area contributed by atoms with Crippen molar-refractivity contribution in [3.05, 3.63) is 87.4 Å². The van der Waals surface area contributed by atoms with Gasteiger partial charge in [-0.2, -0.15) is 18.3 Å². The number of nitrogens with one attached hydrogen (secondary N) is 2. The third-order valence-electron chi connectivity index (χ3n) is 4.83. The lowest BCUT2D eigenvalue weighted by atomic mass is 10.1. The van der Waals surface area contributed by atoms with Gasteiger partial charge >= 0.3 is 18.0 Å². The quantitative estimate of drug-likeness (QED) is 0.200. The highest BCUT2D eigenvalue weighted by molar-refractivity contribution is 9.10. The maximum absolute atomic E-state index is 12.8. The topological polar surface area (TPSA) is 89.0 Å². The molecule has 0 saturated heterocycles. The zero-order chi connectivity index (χ0) is 27.0. The van der Waals surface area contributed by atoms with Gasteiger partial charge in [0, 0.05) is 5.69 Å². The van der Waals surface area contributed by atoms with Crippen LogP contribution in [0, 0.1) is 6.92 Å². The molecule has 0 aliphatic carbocycles. The summed E-state index contributed by atoms with van der Waals surface area (Å²) in [7, 11) is 0. The van der Waals surface area contributed by atoms with E-state index >= 15 is 0 Å². The second-order valence-corrected chi connectivity index (χ2v) is 8.63. The number of nitrogens with zero attached hydrogens (tertiary/aromatic N) is 1. The summed E-state index contributed by atoms with van der Waals surface area (Å²) in [6.45, 7) is 4.51. The lowest BCUT2D eigenvalue weighted by molar-refractivity contribution is -0.137. The van der Waals surface area contributed by atoms with E-state index in [0.29, 0.717) is 34.7 Å². The summed E-state index contributed by atoms with van der Waals surface area (Å²) in [6.07, 6.45) is -3.30. The van der Waals surface area contributed by atoms with Gasteiger partial charge in [0.25, 0.3) is 0 Å². The third kappa shape index (κ3) is 8.07. The van der Waals surface area contributed by atoms with E-state index in [4.69, 9.17) is 9.47 Å². The number of benzene rings is 3. The van der Waals surface area contributed by atoms with Gasteiger partial charge in [-0.3, -0.25) is 9.59 Å². The van der Waals surface area contributed by atoms with E-state index in [1.807, 2.05) is 43.5 Å². The van der Waals surface area contributed by atoms with Gasteiger partial charge in [0.15, 0.2) is 11.5 Å². The molecular weight excluding hydrogens is 555 g/mol. The molecule has 0 unspecified atom stereocenters. The Kier molecular flexibility index (Phi) is 9.29. The fourth-order valence-corrected chi connectivity index (χ4v) is 3.77. The molecule has 3 rings (SSSR count). The maximum atomic E-state index is 12.8. The molecule has 0 heterocycles. The van der Waals surface area contributed by atoms with Gasteiger partial charge in [-0.05, 0) is 71.2 Å². The highest BCUT2D eigenvalue weighted by Gasteiger charge is 2.30. The van der Waals surface area contributed by atoms with Crippen molar-refractivity contribution in [2.45, 2.75) is 26.6 Å². The molecule has 0 aromatic heterocycles. The minimum atomic E-state index is -4.58. The fraction of sp³-hybridized carbons (Fsp3) is 0.192. The second-order valence-electron chi connectivity index (χ2n) is 7.77. The van der Waals surface area contributed by atoms with Crippen molar-refractivity contribution in [1.82, 2.24) is 5.43 Å². The van der Waals surface area contributed by atoms with Gasteiger partial charge in [-0.1, -0.05) is 35.9 Å². The standard InChI is InChI=1S/C26H23BrF3N3O4/c1-3-36-22-12-18(11-21(27)23(22)37-15-17-7-4-6-16(2)10-17)14-31-33-25(35)24(34)32-20-9-5-8-19(13-20)26(28,29)30/h4-14H,3,15H2,1-2H3,(H,32,34)(H,33,35). The number of carbonyl (C=O) groups is 2. The van der Waals surface area contributed by atoms with Crippen LogP contribution >= 0.6 is 15.9 Å². The Labute approximate surface area is 219 Å². The third-order valence-corrected chi connectivity index (χ3v) is 5.42. The van der Waals surface area contributed by atoms with Crippen LogP contribution in [0.1, 0.15) is 29.2 Å². The number of hydrogen-bond acceptors (Lipinski definition) is 5. The monoisotopic (exact) mass is 577 g/mol. The molecule has 0 saturated carbocycles. The summed E-state index contributed by atoms with van der Waals surface area (Å²) in [5.74, 6) is -1.40. The Morgan fingerprint density at radius 2 is 1.78 bits per heavy atom. The largest absolute Gasteiger partial charge is 0.490 e.